The number of non-ortho nitro benzene ring substituents is 1. The molecule has 1 heterocycles. The smallest absolute Gasteiger partial charge is 0.273 e. The molecule has 0 saturated carbocycles. The minimum Gasteiger partial charge on any atom is -0.496 e. The average Bonchev–Trinajstić information content (AvgIpc) is 2.39. The summed E-state index contributed by atoms with van der Waals surface area (Å²) in [6.07, 6.45) is 0. The normalized spacial score (nSPS) is 10.1. The third kappa shape index (κ3) is 2.37. The molecule has 0 N–H and O–H groups in total. The van der Waals surface area contributed by atoms with Gasteiger partial charge in [-0.1, -0.05) is 0 Å². The zero-order valence-electron chi connectivity index (χ0n) is 9.69. The summed E-state index contributed by atoms with van der Waals surface area (Å²) >= 11 is 0. The van der Waals surface area contributed by atoms with Gasteiger partial charge in [0, 0.05) is 11.6 Å². The van der Waals surface area contributed by atoms with Crippen LogP contribution in [0.2, 0.25) is 0 Å². The summed E-state index contributed by atoms with van der Waals surface area (Å²) < 4.78 is 4.99. The Kier molecular flexibility index (Phi) is 3.09. The van der Waals surface area contributed by atoms with Crippen LogP contribution in [-0.2, 0) is 0 Å². The van der Waals surface area contributed by atoms with E-state index in [1.165, 1.54) is 19.2 Å². The van der Waals surface area contributed by atoms with Crippen LogP contribution < -0.4 is 4.74 Å². The zero-order chi connectivity index (χ0) is 13.1. The lowest BCUT2D eigenvalue weighted by molar-refractivity contribution is -0.384. The molecule has 92 valence electrons. The van der Waals surface area contributed by atoms with Gasteiger partial charge in [0.1, 0.15) is 5.75 Å². The van der Waals surface area contributed by atoms with Crippen LogP contribution >= 0.6 is 0 Å². The Balaban J connectivity index is 2.52. The van der Waals surface area contributed by atoms with Gasteiger partial charge >= 0.3 is 0 Å². The van der Waals surface area contributed by atoms with Crippen LogP contribution in [-0.4, -0.2) is 32.4 Å². The van der Waals surface area contributed by atoms with Gasteiger partial charge in [-0.25, -0.2) is 0 Å². The Morgan fingerprint density at radius 2 is 1.83 bits per heavy atom. The molecular formula is C10H9N5O3. The quantitative estimate of drug-likeness (QED) is 0.591. The van der Waals surface area contributed by atoms with Gasteiger partial charge < -0.3 is 4.74 Å². The van der Waals surface area contributed by atoms with Crippen molar-refractivity contribution >= 4 is 5.69 Å². The van der Waals surface area contributed by atoms with Gasteiger partial charge in [0.25, 0.3) is 5.69 Å². The van der Waals surface area contributed by atoms with Crippen molar-refractivity contribution in [1.82, 2.24) is 20.4 Å². The summed E-state index contributed by atoms with van der Waals surface area (Å²) in [7, 11) is 1.43. The van der Waals surface area contributed by atoms with Crippen molar-refractivity contribution in [2.75, 3.05) is 7.11 Å². The molecule has 0 amide bonds. The highest BCUT2D eigenvalue weighted by Crippen LogP contribution is 2.27. The molecule has 0 bridgehead atoms. The van der Waals surface area contributed by atoms with Gasteiger partial charge in [-0.15, -0.1) is 20.4 Å². The van der Waals surface area contributed by atoms with Crippen LogP contribution in [0.5, 0.6) is 5.75 Å². The average molecular weight is 247 g/mol. The molecule has 2 aromatic rings. The van der Waals surface area contributed by atoms with Gasteiger partial charge in [0.05, 0.1) is 18.1 Å². The van der Waals surface area contributed by atoms with E-state index in [-0.39, 0.29) is 11.5 Å². The minimum absolute atomic E-state index is 0.103. The fraction of sp³-hybridized carbons (Fsp3) is 0.200. The van der Waals surface area contributed by atoms with E-state index >= 15 is 0 Å². The van der Waals surface area contributed by atoms with Gasteiger partial charge in [-0.3, -0.25) is 10.1 Å². The van der Waals surface area contributed by atoms with Crippen molar-refractivity contribution in [3.8, 4) is 17.1 Å². The van der Waals surface area contributed by atoms with E-state index in [9.17, 15) is 10.1 Å². The number of hydrogen-bond acceptors (Lipinski definition) is 7. The molecule has 18 heavy (non-hydrogen) atoms. The molecule has 0 fully saturated rings. The molecule has 8 heteroatoms. The number of aryl methyl sites for hydroxylation is 1. The Morgan fingerprint density at radius 3 is 2.39 bits per heavy atom. The molecule has 0 unspecified atom stereocenters. The number of aromatic nitrogens is 4. The summed E-state index contributed by atoms with van der Waals surface area (Å²) in [5.41, 5.74) is 0.328. The molecule has 0 aliphatic heterocycles. The summed E-state index contributed by atoms with van der Waals surface area (Å²) in [5.74, 6) is 0.988. The fourth-order valence-corrected chi connectivity index (χ4v) is 1.33. The van der Waals surface area contributed by atoms with Crippen LogP contribution in [0, 0.1) is 17.0 Å². The topological polar surface area (TPSA) is 104 Å². The lowest BCUT2D eigenvalue weighted by Gasteiger charge is -2.03. The summed E-state index contributed by atoms with van der Waals surface area (Å²) in [6, 6.07) is 4.25. The molecule has 0 saturated heterocycles. The third-order valence-corrected chi connectivity index (χ3v) is 2.17. The van der Waals surface area contributed by atoms with Crippen molar-refractivity contribution < 1.29 is 9.66 Å². The predicted molar refractivity (Wildman–Crippen MR) is 61.0 cm³/mol. The van der Waals surface area contributed by atoms with Crippen molar-refractivity contribution in [1.29, 1.82) is 0 Å². The molecule has 2 rings (SSSR count). The van der Waals surface area contributed by atoms with Gasteiger partial charge in [-0.2, -0.15) is 0 Å². The summed E-state index contributed by atoms with van der Waals surface area (Å²) in [4.78, 5) is 10.3. The molecule has 8 nitrogen and oxygen atoms in total. The molecule has 0 atom stereocenters. The highest BCUT2D eigenvalue weighted by molar-refractivity contribution is 5.61. The van der Waals surface area contributed by atoms with E-state index in [4.69, 9.17) is 4.74 Å². The van der Waals surface area contributed by atoms with Crippen molar-refractivity contribution in [2.45, 2.75) is 6.92 Å². The number of nitro benzene ring substituents is 1. The second kappa shape index (κ2) is 4.70. The van der Waals surface area contributed by atoms with E-state index in [1.807, 2.05) is 0 Å². The van der Waals surface area contributed by atoms with Gasteiger partial charge in [-0.05, 0) is 13.0 Å². The maximum Gasteiger partial charge on any atom is 0.273 e. The van der Waals surface area contributed by atoms with Crippen molar-refractivity contribution in [3.05, 3.63) is 34.1 Å². The predicted octanol–water partition coefficient (Wildman–Crippen LogP) is 1.16. The first-order valence-corrected chi connectivity index (χ1v) is 4.98. The Morgan fingerprint density at radius 1 is 1.17 bits per heavy atom. The van der Waals surface area contributed by atoms with Crippen LogP contribution in [0.1, 0.15) is 5.82 Å². The molecule has 0 aliphatic carbocycles. The Hall–Kier alpha value is -2.64. The number of ether oxygens (including phenoxy) is 1. The molecule has 0 spiro atoms. The molecule has 0 aliphatic rings. The van der Waals surface area contributed by atoms with Crippen LogP contribution in [0.4, 0.5) is 5.69 Å². The van der Waals surface area contributed by atoms with Crippen molar-refractivity contribution in [3.63, 3.8) is 0 Å². The number of hydrogen-bond donors (Lipinski definition) is 0. The molecule has 1 aromatic carbocycles. The zero-order valence-corrected chi connectivity index (χ0v) is 9.69. The van der Waals surface area contributed by atoms with E-state index in [0.717, 1.165) is 0 Å². The van der Waals surface area contributed by atoms with Gasteiger partial charge in [0.15, 0.2) is 5.82 Å². The maximum atomic E-state index is 10.8. The van der Waals surface area contributed by atoms with E-state index < -0.39 is 4.92 Å². The van der Waals surface area contributed by atoms with E-state index in [2.05, 4.69) is 20.4 Å². The lowest BCUT2D eigenvalue weighted by Crippen LogP contribution is -1.99. The SMILES string of the molecule is COc1cc(-c2nnc(C)nn2)cc([N+](=O)[O-])c1. The van der Waals surface area contributed by atoms with E-state index in [1.54, 1.807) is 13.0 Å². The first kappa shape index (κ1) is 11.8. The number of rotatable bonds is 3. The number of methoxy groups -OCH3 is 1. The number of nitrogens with zero attached hydrogens (tertiary/aromatic N) is 5. The summed E-state index contributed by atoms with van der Waals surface area (Å²) in [5, 5.41) is 25.9. The molecule has 1 aromatic heterocycles. The minimum atomic E-state index is -0.513. The standard InChI is InChI=1S/C10H9N5O3/c1-6-11-13-10(14-12-6)7-3-8(15(16)17)5-9(4-7)18-2/h3-5H,1-2H3. The highest BCUT2D eigenvalue weighted by Gasteiger charge is 2.13. The first-order chi connectivity index (χ1) is 8.60. The second-order valence-corrected chi connectivity index (χ2v) is 3.45. The molecule has 0 radical (unpaired) electrons. The monoisotopic (exact) mass is 247 g/mol. The Labute approximate surface area is 102 Å². The first-order valence-electron chi connectivity index (χ1n) is 4.98. The van der Waals surface area contributed by atoms with Crippen LogP contribution in [0.25, 0.3) is 11.4 Å². The van der Waals surface area contributed by atoms with Gasteiger partial charge in [0.2, 0.25) is 5.82 Å². The molecular weight excluding hydrogens is 238 g/mol. The second-order valence-electron chi connectivity index (χ2n) is 3.45. The largest absolute Gasteiger partial charge is 0.496 e. The highest BCUT2D eigenvalue weighted by atomic mass is 16.6. The fourth-order valence-electron chi connectivity index (χ4n) is 1.33. The Bertz CT molecular complexity index is 585. The lowest BCUT2D eigenvalue weighted by atomic mass is 10.2. The number of nitro groups is 1. The maximum absolute atomic E-state index is 10.8. The van der Waals surface area contributed by atoms with E-state index in [0.29, 0.717) is 17.1 Å². The van der Waals surface area contributed by atoms with Crippen LogP contribution in [0.3, 0.4) is 0 Å². The van der Waals surface area contributed by atoms with Crippen molar-refractivity contribution in [2.24, 2.45) is 0 Å². The summed E-state index contributed by atoms with van der Waals surface area (Å²) in [6.45, 7) is 1.65. The third-order valence-electron chi connectivity index (χ3n) is 2.17. The van der Waals surface area contributed by atoms with Crippen LogP contribution in [0.15, 0.2) is 18.2 Å². The number of benzene rings is 1.